The summed E-state index contributed by atoms with van der Waals surface area (Å²) in [4.78, 5) is 10.6. The van der Waals surface area contributed by atoms with Gasteiger partial charge in [-0.05, 0) is 31.7 Å². The quantitative estimate of drug-likeness (QED) is 0.527. The first-order valence-corrected chi connectivity index (χ1v) is 7.65. The van der Waals surface area contributed by atoms with Gasteiger partial charge in [-0.1, -0.05) is 12.1 Å². The highest BCUT2D eigenvalue weighted by Gasteiger charge is 2.13. The van der Waals surface area contributed by atoms with Gasteiger partial charge in [0.05, 0.1) is 4.90 Å². The first-order chi connectivity index (χ1) is 9.36. The average molecular weight is 300 g/mol. The lowest BCUT2D eigenvalue weighted by Crippen LogP contribution is -2.37. The minimum atomic E-state index is -3.57. The predicted octanol–water partition coefficient (Wildman–Crippen LogP) is -0.0864. The first kappa shape index (κ1) is 16.4. The van der Waals surface area contributed by atoms with E-state index in [0.29, 0.717) is 0 Å². The van der Waals surface area contributed by atoms with Crippen LogP contribution in [0, 0.1) is 0 Å². The number of carbonyl (C=O) groups excluding carboxylic acids is 1. The third-order valence-corrected chi connectivity index (χ3v) is 4.32. The van der Waals surface area contributed by atoms with Crippen LogP contribution in [0.5, 0.6) is 0 Å². The minimum absolute atomic E-state index is 0.0833. The molecule has 0 radical (unpaired) electrons. The average Bonchev–Trinajstić information content (AvgIpc) is 2.43. The molecule has 0 aromatic heterocycles. The van der Waals surface area contributed by atoms with Gasteiger partial charge in [-0.25, -0.2) is 17.9 Å². The zero-order chi connectivity index (χ0) is 15.2. The van der Waals surface area contributed by atoms with Crippen molar-refractivity contribution < 1.29 is 13.2 Å². The number of rotatable bonds is 7. The molecule has 1 aromatic carbocycles. The van der Waals surface area contributed by atoms with E-state index >= 15 is 0 Å². The standard InChI is InChI=1S/C12H20N4O3S/c1-9(14-2)10-3-5-11(6-4-10)20(18,19)16-8-7-15-12(13)17/h3-6,9,14,16H,7-8H2,1-2H3,(H3,13,15,17). The summed E-state index contributed by atoms with van der Waals surface area (Å²) in [6.07, 6.45) is 0. The summed E-state index contributed by atoms with van der Waals surface area (Å²) in [6, 6.07) is 6.09. The predicted molar refractivity (Wildman–Crippen MR) is 76.7 cm³/mol. The Hall–Kier alpha value is -1.64. The minimum Gasteiger partial charge on any atom is -0.352 e. The normalized spacial score (nSPS) is 12.9. The number of sulfonamides is 1. The number of nitrogens with two attached hydrogens (primary N) is 1. The van der Waals surface area contributed by atoms with Crippen LogP contribution in [0.4, 0.5) is 4.79 Å². The molecule has 0 saturated heterocycles. The molecule has 0 aliphatic heterocycles. The van der Waals surface area contributed by atoms with Gasteiger partial charge in [0, 0.05) is 19.1 Å². The summed E-state index contributed by atoms with van der Waals surface area (Å²) in [6.45, 7) is 2.21. The van der Waals surface area contributed by atoms with Crippen LogP contribution < -0.4 is 21.1 Å². The second-order valence-electron chi connectivity index (χ2n) is 4.27. The van der Waals surface area contributed by atoms with Gasteiger partial charge in [-0.3, -0.25) is 0 Å². The number of carbonyl (C=O) groups is 1. The van der Waals surface area contributed by atoms with Gasteiger partial charge in [0.15, 0.2) is 0 Å². The van der Waals surface area contributed by atoms with E-state index in [2.05, 4.69) is 15.4 Å². The zero-order valence-electron chi connectivity index (χ0n) is 11.5. The fourth-order valence-electron chi connectivity index (χ4n) is 1.56. The lowest BCUT2D eigenvalue weighted by Gasteiger charge is -2.12. The van der Waals surface area contributed by atoms with Crippen LogP contribution in [-0.4, -0.2) is 34.6 Å². The van der Waals surface area contributed by atoms with Crippen molar-refractivity contribution in [3.05, 3.63) is 29.8 Å². The van der Waals surface area contributed by atoms with Crippen LogP contribution in [0.2, 0.25) is 0 Å². The topological polar surface area (TPSA) is 113 Å². The van der Waals surface area contributed by atoms with Crippen molar-refractivity contribution in [3.8, 4) is 0 Å². The van der Waals surface area contributed by atoms with Gasteiger partial charge < -0.3 is 16.4 Å². The monoisotopic (exact) mass is 300 g/mol. The highest BCUT2D eigenvalue weighted by Crippen LogP contribution is 2.15. The third kappa shape index (κ3) is 4.80. The van der Waals surface area contributed by atoms with Crippen molar-refractivity contribution in [3.63, 3.8) is 0 Å². The van der Waals surface area contributed by atoms with Crippen molar-refractivity contribution in [2.24, 2.45) is 5.73 Å². The molecule has 0 fully saturated rings. The molecule has 1 atom stereocenters. The molecule has 20 heavy (non-hydrogen) atoms. The van der Waals surface area contributed by atoms with Crippen molar-refractivity contribution >= 4 is 16.1 Å². The number of nitrogens with one attached hydrogen (secondary N) is 3. The van der Waals surface area contributed by atoms with Crippen LogP contribution in [0.1, 0.15) is 18.5 Å². The molecule has 1 aromatic rings. The molecule has 5 N–H and O–H groups in total. The zero-order valence-corrected chi connectivity index (χ0v) is 12.3. The Morgan fingerprint density at radius 1 is 1.25 bits per heavy atom. The van der Waals surface area contributed by atoms with E-state index in [9.17, 15) is 13.2 Å². The second-order valence-corrected chi connectivity index (χ2v) is 6.04. The maximum atomic E-state index is 12.0. The van der Waals surface area contributed by atoms with Crippen molar-refractivity contribution in [2.75, 3.05) is 20.1 Å². The van der Waals surface area contributed by atoms with Crippen LogP contribution in [-0.2, 0) is 10.0 Å². The summed E-state index contributed by atoms with van der Waals surface area (Å²) in [7, 11) is -1.73. The van der Waals surface area contributed by atoms with E-state index < -0.39 is 16.1 Å². The van der Waals surface area contributed by atoms with Crippen molar-refractivity contribution in [1.29, 1.82) is 0 Å². The van der Waals surface area contributed by atoms with E-state index in [4.69, 9.17) is 5.73 Å². The number of hydrogen-bond donors (Lipinski definition) is 4. The highest BCUT2D eigenvalue weighted by atomic mass is 32.2. The van der Waals surface area contributed by atoms with E-state index in [0.717, 1.165) is 5.56 Å². The highest BCUT2D eigenvalue weighted by molar-refractivity contribution is 7.89. The molecule has 0 bridgehead atoms. The maximum Gasteiger partial charge on any atom is 0.312 e. The molecule has 0 saturated carbocycles. The fourth-order valence-corrected chi connectivity index (χ4v) is 2.59. The molecule has 8 heteroatoms. The molecule has 0 aliphatic rings. The van der Waals surface area contributed by atoms with Crippen molar-refractivity contribution in [1.82, 2.24) is 15.4 Å². The Balaban J connectivity index is 2.65. The molecular weight excluding hydrogens is 280 g/mol. The van der Waals surface area contributed by atoms with Gasteiger partial charge in [0.1, 0.15) is 0 Å². The summed E-state index contributed by atoms with van der Waals surface area (Å²) < 4.78 is 26.3. The molecule has 0 aliphatic carbocycles. The number of hydrogen-bond acceptors (Lipinski definition) is 4. The smallest absolute Gasteiger partial charge is 0.312 e. The van der Waals surface area contributed by atoms with Crippen LogP contribution in [0.25, 0.3) is 0 Å². The molecular formula is C12H20N4O3S. The van der Waals surface area contributed by atoms with E-state index in [1.807, 2.05) is 14.0 Å². The van der Waals surface area contributed by atoms with Crippen LogP contribution >= 0.6 is 0 Å². The molecule has 7 nitrogen and oxygen atoms in total. The van der Waals surface area contributed by atoms with Gasteiger partial charge in [-0.2, -0.15) is 0 Å². The summed E-state index contributed by atoms with van der Waals surface area (Å²) in [5.74, 6) is 0. The van der Waals surface area contributed by atoms with Crippen LogP contribution in [0.15, 0.2) is 29.2 Å². The maximum absolute atomic E-state index is 12.0. The van der Waals surface area contributed by atoms with Crippen molar-refractivity contribution in [2.45, 2.75) is 17.9 Å². The van der Waals surface area contributed by atoms with Crippen LogP contribution in [0.3, 0.4) is 0 Å². The number of primary amides is 1. The Morgan fingerprint density at radius 2 is 1.85 bits per heavy atom. The van der Waals surface area contributed by atoms with E-state index in [1.54, 1.807) is 24.3 Å². The number of benzene rings is 1. The largest absolute Gasteiger partial charge is 0.352 e. The van der Waals surface area contributed by atoms with E-state index in [1.165, 1.54) is 0 Å². The fraction of sp³-hybridized carbons (Fsp3) is 0.417. The molecule has 0 spiro atoms. The van der Waals surface area contributed by atoms with Gasteiger partial charge in [-0.15, -0.1) is 0 Å². The van der Waals surface area contributed by atoms with Gasteiger partial charge in [0.25, 0.3) is 0 Å². The third-order valence-electron chi connectivity index (χ3n) is 2.84. The molecule has 112 valence electrons. The number of urea groups is 1. The Kier molecular flexibility index (Phi) is 5.93. The molecule has 1 unspecified atom stereocenters. The van der Waals surface area contributed by atoms with Gasteiger partial charge in [0.2, 0.25) is 10.0 Å². The summed E-state index contributed by atoms with van der Waals surface area (Å²) in [5, 5.41) is 5.38. The summed E-state index contributed by atoms with van der Waals surface area (Å²) in [5.41, 5.74) is 5.88. The Labute approximate surface area is 119 Å². The molecule has 0 heterocycles. The Bertz CT molecular complexity index is 542. The molecule has 2 amide bonds. The SMILES string of the molecule is CNC(C)c1ccc(S(=O)(=O)NCCNC(N)=O)cc1. The summed E-state index contributed by atoms with van der Waals surface area (Å²) >= 11 is 0. The lowest BCUT2D eigenvalue weighted by molar-refractivity contribution is 0.249. The van der Waals surface area contributed by atoms with E-state index in [-0.39, 0.29) is 24.0 Å². The second kappa shape index (κ2) is 7.22. The molecule has 1 rings (SSSR count). The lowest BCUT2D eigenvalue weighted by atomic mass is 10.1. The Morgan fingerprint density at radius 3 is 2.35 bits per heavy atom. The number of amides is 2. The van der Waals surface area contributed by atoms with Gasteiger partial charge >= 0.3 is 6.03 Å². The first-order valence-electron chi connectivity index (χ1n) is 6.17.